The quantitative estimate of drug-likeness (QED) is 0.466. The van der Waals surface area contributed by atoms with Crippen molar-refractivity contribution in [1.82, 2.24) is 0 Å². The Morgan fingerprint density at radius 1 is 0.905 bits per heavy atom. The summed E-state index contributed by atoms with van der Waals surface area (Å²) in [6, 6.07) is 0. The average molecular weight is 306 g/mol. The second kappa shape index (κ2) is 14.3. The molecule has 0 amide bonds. The minimum absolute atomic E-state index is 0.0569. The first kappa shape index (κ1) is 20.3. The van der Waals surface area contributed by atoms with Gasteiger partial charge in [-0.2, -0.15) is 0 Å². The summed E-state index contributed by atoms with van der Waals surface area (Å²) in [6.07, 6.45) is 1.44. The maximum absolute atomic E-state index is 10.9. The van der Waals surface area contributed by atoms with Gasteiger partial charge in [0.2, 0.25) is 0 Å². The Labute approximate surface area is 127 Å². The summed E-state index contributed by atoms with van der Waals surface area (Å²) in [5.74, 6) is -0.991. The van der Waals surface area contributed by atoms with Gasteiger partial charge >= 0.3 is 5.97 Å². The van der Waals surface area contributed by atoms with Gasteiger partial charge in [0.05, 0.1) is 39.6 Å². The number of carbonyl (C=O) groups is 1. The minimum Gasteiger partial charge on any atom is -0.479 e. The van der Waals surface area contributed by atoms with Gasteiger partial charge in [0, 0.05) is 6.61 Å². The zero-order valence-electron chi connectivity index (χ0n) is 13.5. The van der Waals surface area contributed by atoms with Crippen molar-refractivity contribution in [3.05, 3.63) is 0 Å². The third kappa shape index (κ3) is 12.7. The van der Waals surface area contributed by atoms with E-state index < -0.39 is 12.1 Å². The zero-order valence-corrected chi connectivity index (χ0v) is 13.5. The Bertz CT molecular complexity index is 244. The Balaban J connectivity index is 3.27. The molecular formula is C15H30O6. The molecule has 0 radical (unpaired) electrons. The van der Waals surface area contributed by atoms with Crippen LogP contribution >= 0.6 is 0 Å². The molecule has 21 heavy (non-hydrogen) atoms. The number of hydrogen-bond acceptors (Lipinski definition) is 5. The Kier molecular flexibility index (Phi) is 13.8. The van der Waals surface area contributed by atoms with Crippen LogP contribution in [0, 0.1) is 5.92 Å². The summed E-state index contributed by atoms with van der Waals surface area (Å²) in [4.78, 5) is 10.9. The lowest BCUT2D eigenvalue weighted by atomic mass is 10.1. The fourth-order valence-electron chi connectivity index (χ4n) is 1.57. The van der Waals surface area contributed by atoms with Crippen LogP contribution in [0.15, 0.2) is 0 Å². The van der Waals surface area contributed by atoms with Crippen molar-refractivity contribution >= 4 is 5.97 Å². The van der Waals surface area contributed by atoms with Crippen molar-refractivity contribution in [3.63, 3.8) is 0 Å². The first-order chi connectivity index (χ1) is 10.1. The highest BCUT2D eigenvalue weighted by Gasteiger charge is 2.21. The second-order valence-electron chi connectivity index (χ2n) is 5.06. The van der Waals surface area contributed by atoms with Gasteiger partial charge in [0.25, 0.3) is 0 Å². The van der Waals surface area contributed by atoms with Gasteiger partial charge in [-0.3, -0.25) is 0 Å². The van der Waals surface area contributed by atoms with Crippen LogP contribution in [-0.4, -0.2) is 63.4 Å². The molecule has 0 aliphatic heterocycles. The van der Waals surface area contributed by atoms with Crippen molar-refractivity contribution < 1.29 is 28.8 Å². The fourth-order valence-corrected chi connectivity index (χ4v) is 1.57. The Morgan fingerprint density at radius 2 is 1.38 bits per heavy atom. The normalized spacial score (nSPS) is 12.8. The van der Waals surface area contributed by atoms with Gasteiger partial charge in [-0.15, -0.1) is 0 Å². The predicted octanol–water partition coefficient (Wildman–Crippen LogP) is 1.96. The summed E-state index contributed by atoms with van der Waals surface area (Å²) < 4.78 is 21.2. The lowest BCUT2D eigenvalue weighted by Gasteiger charge is -2.16. The molecule has 0 aromatic rings. The largest absolute Gasteiger partial charge is 0.479 e. The van der Waals surface area contributed by atoms with E-state index in [0.717, 1.165) is 19.4 Å². The van der Waals surface area contributed by atoms with Crippen LogP contribution in [0.4, 0.5) is 0 Å². The molecule has 0 heterocycles. The van der Waals surface area contributed by atoms with E-state index in [1.54, 1.807) is 0 Å². The molecule has 0 spiro atoms. The topological polar surface area (TPSA) is 74.2 Å². The molecule has 0 aliphatic rings. The molecule has 0 aliphatic carbocycles. The Hall–Kier alpha value is -0.690. The molecule has 1 atom stereocenters. The fraction of sp³-hybridized carbons (Fsp3) is 0.933. The smallest absolute Gasteiger partial charge is 0.333 e. The number of rotatable bonds is 15. The SMILES string of the molecule is CCCCOCCOCCOCCOC(C(=O)O)C(C)C. The van der Waals surface area contributed by atoms with Crippen LogP contribution in [-0.2, 0) is 23.7 Å². The number of aliphatic carboxylic acids is 1. The summed E-state index contributed by atoms with van der Waals surface area (Å²) in [5.41, 5.74) is 0. The summed E-state index contributed by atoms with van der Waals surface area (Å²) >= 11 is 0. The number of carboxylic acids is 1. The number of ether oxygens (including phenoxy) is 4. The molecule has 1 unspecified atom stereocenters. The Morgan fingerprint density at radius 3 is 1.81 bits per heavy atom. The first-order valence-corrected chi connectivity index (χ1v) is 7.67. The van der Waals surface area contributed by atoms with Gasteiger partial charge in [-0.1, -0.05) is 27.2 Å². The van der Waals surface area contributed by atoms with Crippen molar-refractivity contribution in [2.75, 3.05) is 46.2 Å². The predicted molar refractivity (Wildman–Crippen MR) is 79.6 cm³/mol. The molecule has 0 saturated heterocycles. The molecule has 6 heteroatoms. The van der Waals surface area contributed by atoms with Gasteiger partial charge in [0.15, 0.2) is 6.10 Å². The highest BCUT2D eigenvalue weighted by molar-refractivity contribution is 5.72. The molecule has 0 bridgehead atoms. The molecular weight excluding hydrogens is 276 g/mol. The average Bonchev–Trinajstić information content (AvgIpc) is 2.43. The van der Waals surface area contributed by atoms with Gasteiger partial charge in [0.1, 0.15) is 0 Å². The minimum atomic E-state index is -0.934. The maximum atomic E-state index is 10.9. The molecule has 6 nitrogen and oxygen atoms in total. The number of hydrogen-bond donors (Lipinski definition) is 1. The molecule has 0 rings (SSSR count). The van der Waals surface area contributed by atoms with Crippen LogP contribution in [0.5, 0.6) is 0 Å². The van der Waals surface area contributed by atoms with E-state index in [2.05, 4.69) is 6.92 Å². The van der Waals surface area contributed by atoms with E-state index in [-0.39, 0.29) is 12.5 Å². The van der Waals surface area contributed by atoms with E-state index in [4.69, 9.17) is 24.1 Å². The third-order valence-electron chi connectivity index (χ3n) is 2.76. The van der Waals surface area contributed by atoms with E-state index in [0.29, 0.717) is 33.0 Å². The summed E-state index contributed by atoms with van der Waals surface area (Å²) in [7, 11) is 0. The second-order valence-corrected chi connectivity index (χ2v) is 5.06. The van der Waals surface area contributed by atoms with Crippen LogP contribution in [0.3, 0.4) is 0 Å². The number of carboxylic acid groups (broad SMARTS) is 1. The third-order valence-corrected chi connectivity index (χ3v) is 2.76. The van der Waals surface area contributed by atoms with Gasteiger partial charge in [-0.05, 0) is 12.3 Å². The van der Waals surface area contributed by atoms with Crippen LogP contribution in [0.2, 0.25) is 0 Å². The standard InChI is InChI=1S/C15H30O6/c1-4-5-6-18-7-8-19-9-10-20-11-12-21-14(13(2)3)15(16)17/h13-14H,4-12H2,1-3H3,(H,16,17). The maximum Gasteiger partial charge on any atom is 0.333 e. The van der Waals surface area contributed by atoms with Gasteiger partial charge in [-0.25, -0.2) is 4.79 Å². The van der Waals surface area contributed by atoms with Gasteiger partial charge < -0.3 is 24.1 Å². The van der Waals surface area contributed by atoms with Crippen molar-refractivity contribution in [1.29, 1.82) is 0 Å². The molecule has 126 valence electrons. The first-order valence-electron chi connectivity index (χ1n) is 7.67. The van der Waals surface area contributed by atoms with Crippen molar-refractivity contribution in [2.45, 2.75) is 39.7 Å². The van der Waals surface area contributed by atoms with E-state index in [9.17, 15) is 4.79 Å². The van der Waals surface area contributed by atoms with Crippen molar-refractivity contribution in [3.8, 4) is 0 Å². The number of unbranched alkanes of at least 4 members (excludes halogenated alkanes) is 1. The molecule has 1 N–H and O–H groups in total. The summed E-state index contributed by atoms with van der Waals surface area (Å²) in [6.45, 7) is 9.33. The molecule has 0 aromatic heterocycles. The molecule has 0 saturated carbocycles. The molecule has 0 fully saturated rings. The van der Waals surface area contributed by atoms with Crippen LogP contribution in [0.1, 0.15) is 33.6 Å². The van der Waals surface area contributed by atoms with Crippen molar-refractivity contribution in [2.24, 2.45) is 5.92 Å². The van der Waals surface area contributed by atoms with E-state index in [1.165, 1.54) is 0 Å². The highest BCUT2D eigenvalue weighted by atomic mass is 16.6. The lowest BCUT2D eigenvalue weighted by molar-refractivity contribution is -0.154. The van der Waals surface area contributed by atoms with Crippen LogP contribution < -0.4 is 0 Å². The summed E-state index contributed by atoms with van der Waals surface area (Å²) in [5, 5.41) is 8.92. The molecule has 0 aromatic carbocycles. The monoisotopic (exact) mass is 306 g/mol. The van der Waals surface area contributed by atoms with E-state index >= 15 is 0 Å². The highest BCUT2D eigenvalue weighted by Crippen LogP contribution is 2.06. The lowest BCUT2D eigenvalue weighted by Crippen LogP contribution is -2.30. The van der Waals surface area contributed by atoms with E-state index in [1.807, 2.05) is 13.8 Å². The van der Waals surface area contributed by atoms with Crippen LogP contribution in [0.25, 0.3) is 0 Å². The zero-order chi connectivity index (χ0) is 15.9.